The van der Waals surface area contributed by atoms with E-state index in [1.807, 2.05) is 0 Å². The van der Waals surface area contributed by atoms with Crippen LogP contribution in [0.5, 0.6) is 0 Å². The lowest BCUT2D eigenvalue weighted by Gasteiger charge is -2.11. The molecule has 1 aliphatic heterocycles. The summed E-state index contributed by atoms with van der Waals surface area (Å²) in [6.07, 6.45) is 2.56. The molecule has 1 atom stereocenters. The van der Waals surface area contributed by atoms with Gasteiger partial charge in [-0.25, -0.2) is 0 Å². The molecule has 8 nitrogen and oxygen atoms in total. The first-order valence-corrected chi connectivity index (χ1v) is 6.11. The average molecular weight is 277 g/mol. The average Bonchev–Trinajstić information content (AvgIpc) is 2.89. The Balaban J connectivity index is 1.91. The highest BCUT2D eigenvalue weighted by Crippen LogP contribution is 2.05. The van der Waals surface area contributed by atoms with Crippen LogP contribution in [0, 0.1) is 0 Å². The lowest BCUT2D eigenvalue weighted by molar-refractivity contribution is -0.119. The number of nitrogens with zero attached hydrogens (tertiary/aromatic N) is 2. The molecular formula is C12H15N5O3. The Bertz CT molecular complexity index is 541. The molecule has 0 aromatic carbocycles. The van der Waals surface area contributed by atoms with Gasteiger partial charge in [-0.1, -0.05) is 5.16 Å². The summed E-state index contributed by atoms with van der Waals surface area (Å²) in [5, 5.41) is 16.8. The fraction of sp³-hybridized carbons (Fsp3) is 0.333. The van der Waals surface area contributed by atoms with E-state index < -0.39 is 0 Å². The Morgan fingerprint density at radius 2 is 2.40 bits per heavy atom. The van der Waals surface area contributed by atoms with Crippen LogP contribution < -0.4 is 16.4 Å². The first-order chi connectivity index (χ1) is 9.60. The van der Waals surface area contributed by atoms with Crippen molar-refractivity contribution in [3.05, 3.63) is 29.6 Å². The van der Waals surface area contributed by atoms with Gasteiger partial charge in [-0.3, -0.25) is 14.6 Å². The van der Waals surface area contributed by atoms with E-state index in [-0.39, 0.29) is 29.4 Å². The summed E-state index contributed by atoms with van der Waals surface area (Å²) in [6, 6.07) is 2.99. The third-order valence-electron chi connectivity index (χ3n) is 2.99. The standard InChI is InChI=1S/C12H15N5O3/c13-11(17-20)7-1-3-9(14-5-7)12(19)15-6-8-2-4-10(18)16-8/h1,3,5,8,20H,2,4,6H2,(H2,13,17)(H,15,19)(H,16,18). The minimum absolute atomic E-state index is 0.00509. The zero-order valence-corrected chi connectivity index (χ0v) is 10.7. The monoisotopic (exact) mass is 277 g/mol. The van der Waals surface area contributed by atoms with Crippen LogP contribution in [0.4, 0.5) is 0 Å². The molecule has 0 spiro atoms. The quantitative estimate of drug-likeness (QED) is 0.247. The number of oxime groups is 1. The third kappa shape index (κ3) is 3.22. The maximum Gasteiger partial charge on any atom is 0.269 e. The predicted octanol–water partition coefficient (Wildman–Crippen LogP) is -0.816. The topological polar surface area (TPSA) is 130 Å². The number of rotatable bonds is 4. The summed E-state index contributed by atoms with van der Waals surface area (Å²) < 4.78 is 0. The molecule has 106 valence electrons. The summed E-state index contributed by atoms with van der Waals surface area (Å²) in [5.41, 5.74) is 6.04. The van der Waals surface area contributed by atoms with Crippen LogP contribution in [0.2, 0.25) is 0 Å². The zero-order chi connectivity index (χ0) is 14.5. The highest BCUT2D eigenvalue weighted by molar-refractivity contribution is 5.98. The van der Waals surface area contributed by atoms with Crippen molar-refractivity contribution in [2.75, 3.05) is 6.54 Å². The molecular weight excluding hydrogens is 262 g/mol. The van der Waals surface area contributed by atoms with Crippen molar-refractivity contribution in [3.63, 3.8) is 0 Å². The molecule has 8 heteroatoms. The van der Waals surface area contributed by atoms with E-state index in [0.29, 0.717) is 18.5 Å². The Labute approximate surface area is 115 Å². The maximum absolute atomic E-state index is 11.8. The van der Waals surface area contributed by atoms with Crippen molar-refractivity contribution in [2.45, 2.75) is 18.9 Å². The van der Waals surface area contributed by atoms with Crippen LogP contribution in [0.25, 0.3) is 0 Å². The van der Waals surface area contributed by atoms with Crippen LogP contribution in [0.3, 0.4) is 0 Å². The van der Waals surface area contributed by atoms with Crippen molar-refractivity contribution in [2.24, 2.45) is 10.9 Å². The van der Waals surface area contributed by atoms with Crippen LogP contribution in [0.15, 0.2) is 23.5 Å². The highest BCUT2D eigenvalue weighted by atomic mass is 16.4. The smallest absolute Gasteiger partial charge is 0.269 e. The van der Waals surface area contributed by atoms with E-state index in [0.717, 1.165) is 6.42 Å². The highest BCUT2D eigenvalue weighted by Gasteiger charge is 2.21. The Morgan fingerprint density at radius 1 is 1.60 bits per heavy atom. The van der Waals surface area contributed by atoms with Gasteiger partial charge in [0.05, 0.1) is 0 Å². The molecule has 0 radical (unpaired) electrons. The number of carbonyl (C=O) groups is 2. The van der Waals surface area contributed by atoms with E-state index in [1.165, 1.54) is 18.3 Å². The molecule has 1 fully saturated rings. The largest absolute Gasteiger partial charge is 0.409 e. The van der Waals surface area contributed by atoms with Crippen molar-refractivity contribution in [1.29, 1.82) is 0 Å². The van der Waals surface area contributed by atoms with Gasteiger partial charge in [0, 0.05) is 30.8 Å². The SMILES string of the molecule is NC(=NO)c1ccc(C(=O)NCC2CCC(=O)N2)nc1. The number of pyridine rings is 1. The lowest BCUT2D eigenvalue weighted by Crippen LogP contribution is -2.38. The van der Waals surface area contributed by atoms with Gasteiger partial charge in [-0.05, 0) is 18.6 Å². The van der Waals surface area contributed by atoms with E-state index in [4.69, 9.17) is 10.9 Å². The second kappa shape index (κ2) is 6.00. The fourth-order valence-electron chi connectivity index (χ4n) is 1.87. The Hall–Kier alpha value is -2.64. The number of hydrogen-bond donors (Lipinski definition) is 4. The second-order valence-electron chi connectivity index (χ2n) is 4.43. The number of nitrogens with two attached hydrogens (primary N) is 1. The maximum atomic E-state index is 11.8. The van der Waals surface area contributed by atoms with Crippen LogP contribution in [-0.2, 0) is 4.79 Å². The molecule has 5 N–H and O–H groups in total. The van der Waals surface area contributed by atoms with E-state index in [2.05, 4.69) is 20.8 Å². The summed E-state index contributed by atoms with van der Waals surface area (Å²) in [4.78, 5) is 26.8. The van der Waals surface area contributed by atoms with Gasteiger partial charge in [0.2, 0.25) is 5.91 Å². The van der Waals surface area contributed by atoms with Gasteiger partial charge >= 0.3 is 0 Å². The molecule has 2 amide bonds. The number of hydrogen-bond acceptors (Lipinski definition) is 5. The van der Waals surface area contributed by atoms with Gasteiger partial charge < -0.3 is 21.6 Å². The van der Waals surface area contributed by atoms with Gasteiger partial charge in [-0.2, -0.15) is 0 Å². The number of amides is 2. The number of amidine groups is 1. The normalized spacial score (nSPS) is 18.7. The first-order valence-electron chi connectivity index (χ1n) is 6.11. The first kappa shape index (κ1) is 13.8. The molecule has 1 aromatic heterocycles. The number of aromatic nitrogens is 1. The van der Waals surface area contributed by atoms with E-state index in [1.54, 1.807) is 0 Å². The molecule has 1 unspecified atom stereocenters. The van der Waals surface area contributed by atoms with Crippen LogP contribution in [-0.4, -0.2) is 40.4 Å². The summed E-state index contributed by atoms with van der Waals surface area (Å²) in [6.45, 7) is 0.369. The third-order valence-corrected chi connectivity index (χ3v) is 2.99. The van der Waals surface area contributed by atoms with Crippen molar-refractivity contribution in [1.82, 2.24) is 15.6 Å². The Morgan fingerprint density at radius 3 is 2.95 bits per heavy atom. The summed E-state index contributed by atoms with van der Waals surface area (Å²) in [7, 11) is 0. The van der Waals surface area contributed by atoms with Crippen molar-refractivity contribution >= 4 is 17.6 Å². The molecule has 0 aliphatic carbocycles. The Kier molecular flexibility index (Phi) is 4.14. The van der Waals surface area contributed by atoms with Gasteiger partial charge in [-0.15, -0.1) is 0 Å². The molecule has 1 aliphatic rings. The molecule has 0 saturated carbocycles. The minimum atomic E-state index is -0.336. The summed E-state index contributed by atoms with van der Waals surface area (Å²) >= 11 is 0. The number of carbonyl (C=O) groups excluding carboxylic acids is 2. The molecule has 1 aromatic rings. The molecule has 1 saturated heterocycles. The second-order valence-corrected chi connectivity index (χ2v) is 4.43. The molecule has 2 heterocycles. The van der Waals surface area contributed by atoms with E-state index >= 15 is 0 Å². The summed E-state index contributed by atoms with van der Waals surface area (Å²) in [5.74, 6) is -0.402. The fourth-order valence-corrected chi connectivity index (χ4v) is 1.87. The molecule has 20 heavy (non-hydrogen) atoms. The minimum Gasteiger partial charge on any atom is -0.409 e. The predicted molar refractivity (Wildman–Crippen MR) is 70.2 cm³/mol. The van der Waals surface area contributed by atoms with Gasteiger partial charge in [0.25, 0.3) is 5.91 Å². The van der Waals surface area contributed by atoms with Gasteiger partial charge in [0.1, 0.15) is 5.69 Å². The van der Waals surface area contributed by atoms with Crippen molar-refractivity contribution < 1.29 is 14.8 Å². The zero-order valence-electron chi connectivity index (χ0n) is 10.7. The molecule has 0 bridgehead atoms. The molecule has 2 rings (SSSR count). The van der Waals surface area contributed by atoms with E-state index in [9.17, 15) is 9.59 Å². The van der Waals surface area contributed by atoms with Crippen LogP contribution >= 0.6 is 0 Å². The van der Waals surface area contributed by atoms with Crippen molar-refractivity contribution in [3.8, 4) is 0 Å². The number of nitrogens with one attached hydrogen (secondary N) is 2. The van der Waals surface area contributed by atoms with Gasteiger partial charge in [0.15, 0.2) is 5.84 Å². The van der Waals surface area contributed by atoms with Crippen LogP contribution in [0.1, 0.15) is 28.9 Å². The lowest BCUT2D eigenvalue weighted by atomic mass is 10.2.